The number of carbonyl (C=O) groups excluding carboxylic acids is 2. The molecule has 0 saturated heterocycles. The maximum absolute atomic E-state index is 12.0. The number of benzene rings is 1. The summed E-state index contributed by atoms with van der Waals surface area (Å²) in [7, 11) is 0. The number of urea groups is 2. The highest BCUT2D eigenvalue weighted by Gasteiger charge is 2.12. The largest absolute Gasteiger partial charge is 0.464 e. The molecule has 7 heteroatoms. The van der Waals surface area contributed by atoms with E-state index in [1.165, 1.54) is 0 Å². The summed E-state index contributed by atoms with van der Waals surface area (Å²) < 4.78 is 5.50. The number of anilines is 1. The van der Waals surface area contributed by atoms with Crippen molar-refractivity contribution < 1.29 is 14.0 Å². The van der Waals surface area contributed by atoms with E-state index < -0.39 is 0 Å². The van der Waals surface area contributed by atoms with E-state index in [0.717, 1.165) is 11.3 Å². The first-order valence-electron chi connectivity index (χ1n) is 8.60. The predicted molar refractivity (Wildman–Crippen MR) is 101 cm³/mol. The molecular weight excluding hydrogens is 332 g/mol. The third-order valence-electron chi connectivity index (χ3n) is 3.62. The molecule has 0 fully saturated rings. The summed E-state index contributed by atoms with van der Waals surface area (Å²) in [4.78, 5) is 23.6. The quantitative estimate of drug-likeness (QED) is 0.634. The van der Waals surface area contributed by atoms with Crippen molar-refractivity contribution in [1.82, 2.24) is 16.0 Å². The average molecular weight is 358 g/mol. The van der Waals surface area contributed by atoms with Gasteiger partial charge in [0.25, 0.3) is 0 Å². The van der Waals surface area contributed by atoms with Gasteiger partial charge in [0.1, 0.15) is 11.5 Å². The summed E-state index contributed by atoms with van der Waals surface area (Å²) in [5, 5.41) is 11.1. The number of rotatable bonds is 6. The minimum Gasteiger partial charge on any atom is -0.464 e. The highest BCUT2D eigenvalue weighted by atomic mass is 16.3. The average Bonchev–Trinajstić information content (AvgIpc) is 3.00. The molecule has 1 atom stereocenters. The number of furan rings is 1. The molecule has 2 rings (SSSR count). The van der Waals surface area contributed by atoms with Crippen LogP contribution in [0.15, 0.2) is 40.8 Å². The fraction of sp³-hybridized carbons (Fsp3) is 0.368. The van der Waals surface area contributed by atoms with Crippen LogP contribution in [0.2, 0.25) is 0 Å². The van der Waals surface area contributed by atoms with Crippen molar-refractivity contribution in [2.24, 2.45) is 0 Å². The molecular formula is C19H26N4O3. The summed E-state index contributed by atoms with van der Waals surface area (Å²) in [5.74, 6) is 1.53. The molecule has 4 amide bonds. The van der Waals surface area contributed by atoms with Crippen LogP contribution in [0.5, 0.6) is 0 Å². The van der Waals surface area contributed by atoms with E-state index in [-0.39, 0.29) is 24.1 Å². The van der Waals surface area contributed by atoms with Gasteiger partial charge in [-0.05, 0) is 57.5 Å². The maximum Gasteiger partial charge on any atom is 0.319 e. The smallest absolute Gasteiger partial charge is 0.319 e. The van der Waals surface area contributed by atoms with E-state index >= 15 is 0 Å². The van der Waals surface area contributed by atoms with Gasteiger partial charge in [-0.25, -0.2) is 9.59 Å². The van der Waals surface area contributed by atoms with Crippen molar-refractivity contribution in [3.05, 3.63) is 53.5 Å². The lowest BCUT2D eigenvalue weighted by Gasteiger charge is -2.13. The van der Waals surface area contributed by atoms with Gasteiger partial charge < -0.3 is 25.7 Å². The van der Waals surface area contributed by atoms with Crippen LogP contribution in [0.3, 0.4) is 0 Å². The van der Waals surface area contributed by atoms with E-state index in [2.05, 4.69) is 21.3 Å². The highest BCUT2D eigenvalue weighted by molar-refractivity contribution is 5.89. The molecule has 7 nitrogen and oxygen atoms in total. The Morgan fingerprint density at radius 3 is 2.23 bits per heavy atom. The molecule has 1 aromatic carbocycles. The summed E-state index contributed by atoms with van der Waals surface area (Å²) in [6.45, 7) is 7.90. The second-order valence-corrected chi connectivity index (χ2v) is 6.45. The van der Waals surface area contributed by atoms with Crippen molar-refractivity contribution in [3.63, 3.8) is 0 Å². The Balaban J connectivity index is 1.78. The number of nitrogens with one attached hydrogen (secondary N) is 4. The van der Waals surface area contributed by atoms with Gasteiger partial charge in [0.2, 0.25) is 0 Å². The van der Waals surface area contributed by atoms with Crippen molar-refractivity contribution in [2.45, 2.75) is 46.3 Å². The number of hydrogen-bond acceptors (Lipinski definition) is 3. The highest BCUT2D eigenvalue weighted by Crippen LogP contribution is 2.15. The minimum atomic E-state index is -0.273. The Kier molecular flexibility index (Phi) is 6.66. The third kappa shape index (κ3) is 6.16. The van der Waals surface area contributed by atoms with E-state index in [1.54, 1.807) is 12.1 Å². The summed E-state index contributed by atoms with van der Waals surface area (Å²) in [6, 6.07) is 10.3. The molecule has 0 radical (unpaired) electrons. The van der Waals surface area contributed by atoms with Crippen LogP contribution in [0.25, 0.3) is 0 Å². The molecule has 0 bridgehead atoms. The van der Waals surface area contributed by atoms with Gasteiger partial charge in [-0.2, -0.15) is 0 Å². The molecule has 26 heavy (non-hydrogen) atoms. The Morgan fingerprint density at radius 2 is 1.65 bits per heavy atom. The molecule has 1 heterocycles. The third-order valence-corrected chi connectivity index (χ3v) is 3.62. The number of carbonyl (C=O) groups is 2. The van der Waals surface area contributed by atoms with Gasteiger partial charge in [0, 0.05) is 18.3 Å². The SMILES string of the molecule is Cc1ccc(C(C)NC(=O)NCc2ccc(NC(=O)NC(C)C)cc2)o1. The van der Waals surface area contributed by atoms with E-state index in [4.69, 9.17) is 4.42 Å². The Labute approximate surface area is 153 Å². The Morgan fingerprint density at radius 1 is 0.962 bits per heavy atom. The van der Waals surface area contributed by atoms with Crippen molar-refractivity contribution in [3.8, 4) is 0 Å². The monoisotopic (exact) mass is 358 g/mol. The minimum absolute atomic E-state index is 0.0736. The summed E-state index contributed by atoms with van der Waals surface area (Å²) >= 11 is 0. The molecule has 0 aliphatic rings. The normalized spacial score (nSPS) is 11.7. The van der Waals surface area contributed by atoms with Crippen LogP contribution in [-0.4, -0.2) is 18.1 Å². The molecule has 1 aromatic heterocycles. The van der Waals surface area contributed by atoms with Gasteiger partial charge in [0.15, 0.2) is 0 Å². The van der Waals surface area contributed by atoms with Crippen molar-refractivity contribution in [1.29, 1.82) is 0 Å². The van der Waals surface area contributed by atoms with Gasteiger partial charge in [-0.1, -0.05) is 12.1 Å². The number of hydrogen-bond donors (Lipinski definition) is 4. The predicted octanol–water partition coefficient (Wildman–Crippen LogP) is 3.68. The van der Waals surface area contributed by atoms with Gasteiger partial charge >= 0.3 is 12.1 Å². The van der Waals surface area contributed by atoms with Crippen LogP contribution in [0, 0.1) is 6.92 Å². The van der Waals surface area contributed by atoms with Gasteiger partial charge in [0.05, 0.1) is 6.04 Å². The second-order valence-electron chi connectivity index (χ2n) is 6.45. The van der Waals surface area contributed by atoms with Crippen LogP contribution in [0.1, 0.15) is 43.9 Å². The van der Waals surface area contributed by atoms with Crippen molar-refractivity contribution in [2.75, 3.05) is 5.32 Å². The fourth-order valence-corrected chi connectivity index (χ4v) is 2.32. The lowest BCUT2D eigenvalue weighted by molar-refractivity contribution is 0.235. The van der Waals surface area contributed by atoms with E-state index in [0.29, 0.717) is 18.0 Å². The first-order valence-corrected chi connectivity index (χ1v) is 8.60. The van der Waals surface area contributed by atoms with Crippen LogP contribution in [0.4, 0.5) is 15.3 Å². The molecule has 0 aliphatic carbocycles. The molecule has 0 spiro atoms. The van der Waals surface area contributed by atoms with Crippen LogP contribution >= 0.6 is 0 Å². The topological polar surface area (TPSA) is 95.4 Å². The van der Waals surface area contributed by atoms with Crippen molar-refractivity contribution >= 4 is 17.7 Å². The molecule has 1 unspecified atom stereocenters. The van der Waals surface area contributed by atoms with Crippen LogP contribution < -0.4 is 21.3 Å². The summed E-state index contributed by atoms with van der Waals surface area (Å²) in [6.07, 6.45) is 0. The Hall–Kier alpha value is -2.96. The zero-order chi connectivity index (χ0) is 19.1. The molecule has 4 N–H and O–H groups in total. The molecule has 140 valence electrons. The zero-order valence-electron chi connectivity index (χ0n) is 15.6. The second kappa shape index (κ2) is 8.94. The Bertz CT molecular complexity index is 737. The fourth-order valence-electron chi connectivity index (χ4n) is 2.32. The maximum atomic E-state index is 12.0. The standard InChI is InChI=1S/C19H26N4O3/c1-12(2)21-19(25)23-16-8-6-15(7-9-16)11-20-18(24)22-14(4)17-10-5-13(3)26-17/h5-10,12,14H,11H2,1-4H3,(H2,20,22,24)(H2,21,23,25). The van der Waals surface area contributed by atoms with Gasteiger partial charge in [-0.3, -0.25) is 0 Å². The lowest BCUT2D eigenvalue weighted by Crippen LogP contribution is -2.36. The van der Waals surface area contributed by atoms with E-state index in [1.807, 2.05) is 52.0 Å². The van der Waals surface area contributed by atoms with Crippen LogP contribution in [-0.2, 0) is 6.54 Å². The first-order chi connectivity index (χ1) is 12.3. The lowest BCUT2D eigenvalue weighted by atomic mass is 10.2. The van der Waals surface area contributed by atoms with E-state index in [9.17, 15) is 9.59 Å². The zero-order valence-corrected chi connectivity index (χ0v) is 15.6. The molecule has 0 saturated carbocycles. The summed E-state index contributed by atoms with van der Waals surface area (Å²) in [5.41, 5.74) is 1.62. The van der Waals surface area contributed by atoms with Gasteiger partial charge in [-0.15, -0.1) is 0 Å². The number of amides is 4. The molecule has 2 aromatic rings. The number of aryl methyl sites for hydroxylation is 1. The molecule has 0 aliphatic heterocycles. The first kappa shape index (κ1) is 19.4.